The maximum atomic E-state index is 13.0. The van der Waals surface area contributed by atoms with E-state index in [1.54, 1.807) is 48.2 Å². The minimum Gasteiger partial charge on any atom is -0.495 e. The van der Waals surface area contributed by atoms with Crippen LogP contribution in [0.1, 0.15) is 28.8 Å². The molecule has 0 atom stereocenters. The molecule has 1 saturated heterocycles. The molecule has 3 rings (SSSR count). The first kappa shape index (κ1) is 19.9. The quantitative estimate of drug-likeness (QED) is 0.778. The highest BCUT2D eigenvalue weighted by Gasteiger charge is 2.24. The number of sulfonamides is 1. The van der Waals surface area contributed by atoms with Crippen LogP contribution >= 0.6 is 0 Å². The number of anilines is 1. The largest absolute Gasteiger partial charge is 0.495 e. The first-order valence-corrected chi connectivity index (χ1v) is 10.5. The lowest BCUT2D eigenvalue weighted by Gasteiger charge is -2.28. The number of rotatable bonds is 5. The monoisotopic (exact) mass is 400 g/mol. The summed E-state index contributed by atoms with van der Waals surface area (Å²) in [4.78, 5) is 14.6. The highest BCUT2D eigenvalue weighted by atomic mass is 32.2. The molecule has 0 bridgehead atoms. The fourth-order valence-corrected chi connectivity index (χ4v) is 4.50. The second-order valence-electron chi connectivity index (χ2n) is 6.83. The Kier molecular flexibility index (Phi) is 5.74. The first-order chi connectivity index (χ1) is 13.3. The van der Waals surface area contributed by atoms with Gasteiger partial charge in [0.25, 0.3) is 15.9 Å². The van der Waals surface area contributed by atoms with Crippen molar-refractivity contribution < 1.29 is 17.9 Å². The van der Waals surface area contributed by atoms with E-state index in [1.807, 2.05) is 0 Å². The molecule has 28 heavy (non-hydrogen) atoms. The molecule has 6 nitrogen and oxygen atoms in total. The number of piperidine rings is 1. The third kappa shape index (κ3) is 4.20. The van der Waals surface area contributed by atoms with Crippen LogP contribution in [0.25, 0.3) is 0 Å². The van der Waals surface area contributed by atoms with Crippen LogP contribution in [0.2, 0.25) is 0 Å². The molecule has 148 valence electrons. The Morgan fingerprint density at radius 3 is 2.50 bits per heavy atom. The molecule has 1 aliphatic heterocycles. The Hall–Kier alpha value is -2.80. The Balaban J connectivity index is 1.90. The lowest BCUT2D eigenvalue weighted by molar-refractivity contribution is 0.0743. The Bertz CT molecular complexity index is 1000. The summed E-state index contributed by atoms with van der Waals surface area (Å²) in [5.41, 5.74) is 2.40. The summed E-state index contributed by atoms with van der Waals surface area (Å²) < 4.78 is 33.7. The van der Waals surface area contributed by atoms with Crippen molar-refractivity contribution >= 4 is 21.6 Å². The van der Waals surface area contributed by atoms with Gasteiger partial charge in [-0.05, 0) is 49.6 Å². The molecule has 1 fully saturated rings. The number of aryl methyl sites for hydroxylation is 1. The van der Waals surface area contributed by atoms with Crippen LogP contribution in [0.4, 0.5) is 5.69 Å². The third-order valence-electron chi connectivity index (χ3n) is 4.83. The molecule has 0 aliphatic carbocycles. The van der Waals surface area contributed by atoms with Crippen LogP contribution in [-0.2, 0) is 10.0 Å². The fourth-order valence-electron chi connectivity index (χ4n) is 3.16. The van der Waals surface area contributed by atoms with E-state index in [9.17, 15) is 13.2 Å². The van der Waals surface area contributed by atoms with Crippen LogP contribution in [0.5, 0.6) is 5.75 Å². The van der Waals surface area contributed by atoms with Crippen molar-refractivity contribution in [3.63, 3.8) is 0 Å². The predicted octanol–water partition coefficient (Wildman–Crippen LogP) is 3.60. The summed E-state index contributed by atoms with van der Waals surface area (Å²) in [6.45, 7) is 6.87. The number of amides is 1. The van der Waals surface area contributed by atoms with E-state index in [2.05, 4.69) is 11.3 Å². The average Bonchev–Trinajstić information content (AvgIpc) is 2.68. The van der Waals surface area contributed by atoms with Gasteiger partial charge < -0.3 is 9.64 Å². The molecule has 1 amide bonds. The number of carbonyl (C=O) groups is 1. The number of nitrogens with zero attached hydrogens (tertiary/aromatic N) is 1. The lowest BCUT2D eigenvalue weighted by atomic mass is 10.0. The number of ether oxygens (including phenoxy) is 1. The molecule has 0 aromatic heterocycles. The number of likely N-dealkylation sites (tertiary alicyclic amines) is 1. The number of hydrogen-bond acceptors (Lipinski definition) is 4. The van der Waals surface area contributed by atoms with Gasteiger partial charge in [-0.15, -0.1) is 0 Å². The van der Waals surface area contributed by atoms with Gasteiger partial charge in [0.15, 0.2) is 0 Å². The summed E-state index contributed by atoms with van der Waals surface area (Å²) in [5.74, 6) is 0.255. The maximum Gasteiger partial charge on any atom is 0.262 e. The maximum absolute atomic E-state index is 13.0. The zero-order chi connectivity index (χ0) is 20.3. The second kappa shape index (κ2) is 8.06. The fraction of sp³-hybridized carbons (Fsp3) is 0.286. The average molecular weight is 401 g/mol. The van der Waals surface area contributed by atoms with Crippen LogP contribution in [-0.4, -0.2) is 39.4 Å². The molecule has 0 unspecified atom stereocenters. The SMILES string of the molecule is C=C1CCN(C(=O)c2ccc(C)c(S(=O)(=O)Nc3ccccc3OC)c2)CC1. The van der Waals surface area contributed by atoms with E-state index in [0.717, 1.165) is 18.4 Å². The molecule has 0 spiro atoms. The molecule has 2 aromatic carbocycles. The van der Waals surface area contributed by atoms with Crippen LogP contribution in [0, 0.1) is 6.92 Å². The molecule has 0 saturated carbocycles. The third-order valence-corrected chi connectivity index (χ3v) is 6.34. The molecule has 1 heterocycles. The standard InChI is InChI=1S/C21H24N2O4S/c1-15-10-12-23(13-11-15)21(24)17-9-8-16(2)20(14-17)28(25,26)22-18-6-4-5-7-19(18)27-3/h4-9,14,22H,1,10-13H2,2-3H3. The summed E-state index contributed by atoms with van der Waals surface area (Å²) >= 11 is 0. The van der Waals surface area contributed by atoms with Crippen molar-refractivity contribution in [3.05, 3.63) is 65.7 Å². The van der Waals surface area contributed by atoms with Gasteiger partial charge in [-0.25, -0.2) is 8.42 Å². The Labute approximate surface area is 165 Å². The minimum atomic E-state index is -3.89. The van der Waals surface area contributed by atoms with Gasteiger partial charge in [-0.2, -0.15) is 0 Å². The lowest BCUT2D eigenvalue weighted by Crippen LogP contribution is -2.36. The van der Waals surface area contributed by atoms with Crippen molar-refractivity contribution in [1.82, 2.24) is 4.90 Å². The van der Waals surface area contributed by atoms with E-state index < -0.39 is 10.0 Å². The zero-order valence-electron chi connectivity index (χ0n) is 16.1. The summed E-state index contributed by atoms with van der Waals surface area (Å²) in [5, 5.41) is 0. The molecule has 2 aromatic rings. The van der Waals surface area contributed by atoms with Gasteiger partial charge in [-0.1, -0.05) is 30.4 Å². The van der Waals surface area contributed by atoms with Gasteiger partial charge in [0.2, 0.25) is 0 Å². The topological polar surface area (TPSA) is 75.7 Å². The second-order valence-corrected chi connectivity index (χ2v) is 8.48. The smallest absolute Gasteiger partial charge is 0.262 e. The Morgan fingerprint density at radius 2 is 1.82 bits per heavy atom. The Morgan fingerprint density at radius 1 is 1.14 bits per heavy atom. The summed E-state index contributed by atoms with van der Waals surface area (Å²) in [6.07, 6.45) is 1.55. The molecular formula is C21H24N2O4S. The molecule has 7 heteroatoms. The van der Waals surface area contributed by atoms with Crippen molar-refractivity contribution in [2.75, 3.05) is 24.9 Å². The first-order valence-electron chi connectivity index (χ1n) is 9.04. The van der Waals surface area contributed by atoms with E-state index in [1.165, 1.54) is 13.2 Å². The van der Waals surface area contributed by atoms with Crippen molar-refractivity contribution in [2.45, 2.75) is 24.7 Å². The van der Waals surface area contributed by atoms with E-state index in [0.29, 0.717) is 35.7 Å². The van der Waals surface area contributed by atoms with Crippen LogP contribution in [0.15, 0.2) is 59.5 Å². The van der Waals surface area contributed by atoms with Gasteiger partial charge in [0.05, 0.1) is 17.7 Å². The predicted molar refractivity (Wildman–Crippen MR) is 109 cm³/mol. The molecular weight excluding hydrogens is 376 g/mol. The molecule has 1 aliphatic rings. The van der Waals surface area contributed by atoms with Crippen LogP contribution < -0.4 is 9.46 Å². The number of methoxy groups -OCH3 is 1. The van der Waals surface area contributed by atoms with Gasteiger partial charge in [-0.3, -0.25) is 9.52 Å². The highest BCUT2D eigenvalue weighted by Crippen LogP contribution is 2.28. The van der Waals surface area contributed by atoms with Gasteiger partial charge in [0, 0.05) is 18.7 Å². The summed E-state index contributed by atoms with van der Waals surface area (Å²) in [6, 6.07) is 11.6. The van der Waals surface area contributed by atoms with Crippen molar-refractivity contribution in [2.24, 2.45) is 0 Å². The molecule has 0 radical (unpaired) electrons. The number of hydrogen-bond donors (Lipinski definition) is 1. The zero-order valence-corrected chi connectivity index (χ0v) is 16.9. The van der Waals surface area contributed by atoms with Gasteiger partial charge >= 0.3 is 0 Å². The minimum absolute atomic E-state index is 0.0747. The van der Waals surface area contributed by atoms with Crippen molar-refractivity contribution in [1.29, 1.82) is 0 Å². The van der Waals surface area contributed by atoms with Gasteiger partial charge in [0.1, 0.15) is 5.75 Å². The number of nitrogens with one attached hydrogen (secondary N) is 1. The number of benzene rings is 2. The van der Waals surface area contributed by atoms with E-state index in [4.69, 9.17) is 4.74 Å². The molecule has 1 N–H and O–H groups in total. The number of para-hydroxylation sites is 2. The number of carbonyl (C=O) groups excluding carboxylic acids is 1. The normalized spacial score (nSPS) is 14.6. The highest BCUT2D eigenvalue weighted by molar-refractivity contribution is 7.92. The van der Waals surface area contributed by atoms with Crippen LogP contribution in [0.3, 0.4) is 0 Å². The van der Waals surface area contributed by atoms with Crippen molar-refractivity contribution in [3.8, 4) is 5.75 Å². The summed E-state index contributed by atoms with van der Waals surface area (Å²) in [7, 11) is -2.41. The van der Waals surface area contributed by atoms with E-state index in [-0.39, 0.29) is 10.8 Å². The van der Waals surface area contributed by atoms with E-state index >= 15 is 0 Å².